The number of aromatic amines is 1. The molecule has 2 N–H and O–H groups in total. The number of H-pyrrole nitrogens is 1. The molecule has 8 nitrogen and oxygen atoms in total. The number of carbonyl (C=O) groups excluding carboxylic acids is 1. The van der Waals surface area contributed by atoms with Crippen molar-refractivity contribution in [1.82, 2.24) is 15.6 Å². The van der Waals surface area contributed by atoms with E-state index in [0.29, 0.717) is 22.5 Å². The van der Waals surface area contributed by atoms with E-state index in [2.05, 4.69) is 20.7 Å². The van der Waals surface area contributed by atoms with Gasteiger partial charge in [-0.3, -0.25) is 20.0 Å². The van der Waals surface area contributed by atoms with Gasteiger partial charge in [0.05, 0.1) is 16.3 Å². The van der Waals surface area contributed by atoms with Gasteiger partial charge in [0.1, 0.15) is 11.5 Å². The van der Waals surface area contributed by atoms with Gasteiger partial charge in [-0.05, 0) is 30.7 Å². The molecule has 0 aliphatic rings. The number of nitrogens with one attached hydrogen (secondary N) is 2. The maximum Gasteiger partial charge on any atom is 0.289 e. The highest BCUT2D eigenvalue weighted by atomic mass is 19.1. The quantitative estimate of drug-likeness (QED) is 0.409. The fourth-order valence-electron chi connectivity index (χ4n) is 2.32. The lowest BCUT2D eigenvalue weighted by atomic mass is 10.1. The molecule has 9 heteroatoms. The summed E-state index contributed by atoms with van der Waals surface area (Å²) in [5.74, 6) is -0.887. The van der Waals surface area contributed by atoms with E-state index in [4.69, 9.17) is 0 Å². The number of nitro groups is 1. The second-order valence-electron chi connectivity index (χ2n) is 5.62. The Bertz CT molecular complexity index is 1030. The first kappa shape index (κ1) is 17.9. The van der Waals surface area contributed by atoms with Crippen LogP contribution >= 0.6 is 0 Å². The summed E-state index contributed by atoms with van der Waals surface area (Å²) in [6.45, 7) is 1.68. The fraction of sp³-hybridized carbons (Fsp3) is 0.0556. The van der Waals surface area contributed by atoms with Crippen molar-refractivity contribution in [3.8, 4) is 11.3 Å². The summed E-state index contributed by atoms with van der Waals surface area (Å²) in [5.41, 5.74) is 4.52. The van der Waals surface area contributed by atoms with Crippen LogP contribution in [0, 0.1) is 15.9 Å². The van der Waals surface area contributed by atoms with Crippen LogP contribution in [-0.4, -0.2) is 26.7 Å². The highest BCUT2D eigenvalue weighted by molar-refractivity contribution is 6.00. The molecule has 0 bridgehead atoms. The number of aromatic nitrogens is 2. The molecule has 136 valence electrons. The number of carbonyl (C=O) groups is 1. The molecule has 0 atom stereocenters. The third-order valence-corrected chi connectivity index (χ3v) is 3.76. The zero-order valence-electron chi connectivity index (χ0n) is 14.1. The number of benzene rings is 2. The number of hydrazone groups is 1. The van der Waals surface area contributed by atoms with Crippen molar-refractivity contribution in [2.45, 2.75) is 6.92 Å². The average molecular weight is 367 g/mol. The number of hydrogen-bond donors (Lipinski definition) is 2. The average Bonchev–Trinajstić information content (AvgIpc) is 3.17. The van der Waals surface area contributed by atoms with Crippen LogP contribution in [0.1, 0.15) is 23.0 Å². The van der Waals surface area contributed by atoms with Gasteiger partial charge in [0.2, 0.25) is 0 Å². The topological polar surface area (TPSA) is 113 Å². The molecular formula is C18H14FN5O3. The Balaban J connectivity index is 1.73. The molecule has 0 unspecified atom stereocenters. The van der Waals surface area contributed by atoms with Gasteiger partial charge in [-0.15, -0.1) is 0 Å². The second kappa shape index (κ2) is 7.56. The molecule has 1 aromatic heterocycles. The van der Waals surface area contributed by atoms with Crippen LogP contribution < -0.4 is 5.43 Å². The summed E-state index contributed by atoms with van der Waals surface area (Å²) in [6.07, 6.45) is 0. The van der Waals surface area contributed by atoms with Gasteiger partial charge in [0.25, 0.3) is 11.6 Å². The van der Waals surface area contributed by atoms with E-state index < -0.39 is 10.8 Å². The van der Waals surface area contributed by atoms with Crippen molar-refractivity contribution in [2.75, 3.05) is 0 Å². The molecule has 1 amide bonds. The van der Waals surface area contributed by atoms with Gasteiger partial charge in [0.15, 0.2) is 0 Å². The number of hydrogen-bond acceptors (Lipinski definition) is 5. The lowest BCUT2D eigenvalue weighted by molar-refractivity contribution is -0.384. The number of nitro benzene ring substituents is 1. The van der Waals surface area contributed by atoms with Crippen LogP contribution in [0.15, 0.2) is 59.7 Å². The smallest absolute Gasteiger partial charge is 0.272 e. The summed E-state index contributed by atoms with van der Waals surface area (Å²) in [5, 5.41) is 21.4. The first-order valence-corrected chi connectivity index (χ1v) is 7.85. The van der Waals surface area contributed by atoms with Gasteiger partial charge in [0, 0.05) is 17.7 Å². The van der Waals surface area contributed by atoms with Gasteiger partial charge < -0.3 is 0 Å². The normalized spacial score (nSPS) is 11.3. The second-order valence-corrected chi connectivity index (χ2v) is 5.62. The van der Waals surface area contributed by atoms with Crippen molar-refractivity contribution < 1.29 is 14.1 Å². The zero-order valence-corrected chi connectivity index (χ0v) is 14.1. The largest absolute Gasteiger partial charge is 0.289 e. The first-order chi connectivity index (χ1) is 12.9. The molecular weight excluding hydrogens is 353 g/mol. The van der Waals surface area contributed by atoms with Gasteiger partial charge in [-0.25, -0.2) is 9.82 Å². The van der Waals surface area contributed by atoms with E-state index in [1.54, 1.807) is 25.1 Å². The Kier molecular flexibility index (Phi) is 5.02. The van der Waals surface area contributed by atoms with E-state index in [1.807, 2.05) is 0 Å². The minimum absolute atomic E-state index is 0.0685. The molecule has 0 spiro atoms. The molecule has 3 aromatic rings. The molecule has 1 heterocycles. The predicted molar refractivity (Wildman–Crippen MR) is 96.8 cm³/mol. The van der Waals surface area contributed by atoms with E-state index in [0.717, 1.165) is 0 Å². The lowest BCUT2D eigenvalue weighted by Gasteiger charge is -2.01. The maximum atomic E-state index is 12.9. The minimum Gasteiger partial charge on any atom is -0.272 e. The third kappa shape index (κ3) is 4.21. The number of halogens is 1. The summed E-state index contributed by atoms with van der Waals surface area (Å²) in [7, 11) is 0. The Morgan fingerprint density at radius 3 is 2.67 bits per heavy atom. The summed E-state index contributed by atoms with van der Waals surface area (Å²) < 4.78 is 12.9. The fourth-order valence-corrected chi connectivity index (χ4v) is 2.32. The van der Waals surface area contributed by atoms with Crippen LogP contribution in [0.3, 0.4) is 0 Å². The Labute approximate surface area is 152 Å². The molecule has 27 heavy (non-hydrogen) atoms. The molecule has 3 rings (SSSR count). The van der Waals surface area contributed by atoms with Crippen molar-refractivity contribution in [1.29, 1.82) is 0 Å². The molecule has 0 aliphatic heterocycles. The molecule has 0 saturated heterocycles. The van der Waals surface area contributed by atoms with Gasteiger partial charge >= 0.3 is 0 Å². The standard InChI is InChI=1S/C18H14FN5O3/c1-11(12-5-7-14(19)8-6-12)20-23-18(25)17-10-16(21-22-17)13-3-2-4-15(9-13)24(26)27/h2-10H,1H3,(H,21,22)(H,23,25)/b20-11-. The van der Waals surface area contributed by atoms with Crippen LogP contribution in [0.5, 0.6) is 0 Å². The zero-order chi connectivity index (χ0) is 19.4. The molecule has 0 saturated carbocycles. The highest BCUT2D eigenvalue weighted by Crippen LogP contribution is 2.22. The van der Waals surface area contributed by atoms with Crippen LogP contribution in [-0.2, 0) is 0 Å². The Morgan fingerprint density at radius 2 is 1.96 bits per heavy atom. The number of non-ortho nitro benzene ring substituents is 1. The van der Waals surface area contributed by atoms with E-state index in [9.17, 15) is 19.3 Å². The molecule has 0 aliphatic carbocycles. The summed E-state index contributed by atoms with van der Waals surface area (Å²) >= 11 is 0. The Hall–Kier alpha value is -3.88. The van der Waals surface area contributed by atoms with Crippen molar-refractivity contribution in [2.24, 2.45) is 5.10 Å². The predicted octanol–water partition coefficient (Wildman–Crippen LogP) is 3.28. The van der Waals surface area contributed by atoms with Crippen LogP contribution in [0.4, 0.5) is 10.1 Å². The number of nitrogens with zero attached hydrogens (tertiary/aromatic N) is 3. The van der Waals surface area contributed by atoms with Crippen molar-refractivity contribution in [3.63, 3.8) is 0 Å². The van der Waals surface area contributed by atoms with Gasteiger partial charge in [-0.2, -0.15) is 10.2 Å². The number of rotatable bonds is 5. The summed E-state index contributed by atoms with van der Waals surface area (Å²) in [4.78, 5) is 22.6. The van der Waals surface area contributed by atoms with Crippen molar-refractivity contribution >= 4 is 17.3 Å². The van der Waals surface area contributed by atoms with E-state index >= 15 is 0 Å². The first-order valence-electron chi connectivity index (χ1n) is 7.85. The van der Waals surface area contributed by atoms with Crippen LogP contribution in [0.2, 0.25) is 0 Å². The SMILES string of the molecule is C/C(=N/NC(=O)c1cc(-c2cccc([N+](=O)[O-])c2)n[nH]1)c1ccc(F)cc1. The molecule has 0 fully saturated rings. The lowest BCUT2D eigenvalue weighted by Crippen LogP contribution is -2.19. The number of amides is 1. The molecule has 0 radical (unpaired) electrons. The van der Waals surface area contributed by atoms with Crippen molar-refractivity contribution in [3.05, 3.63) is 81.8 Å². The highest BCUT2D eigenvalue weighted by Gasteiger charge is 2.13. The maximum absolute atomic E-state index is 12.9. The monoisotopic (exact) mass is 367 g/mol. The minimum atomic E-state index is -0.527. The summed E-state index contributed by atoms with van der Waals surface area (Å²) in [6, 6.07) is 13.1. The van der Waals surface area contributed by atoms with Gasteiger partial charge in [-0.1, -0.05) is 24.3 Å². The molecule has 2 aromatic carbocycles. The van der Waals surface area contributed by atoms with E-state index in [1.165, 1.54) is 36.4 Å². The third-order valence-electron chi connectivity index (χ3n) is 3.76. The van der Waals surface area contributed by atoms with E-state index in [-0.39, 0.29) is 17.2 Å². The van der Waals surface area contributed by atoms with Crippen LogP contribution in [0.25, 0.3) is 11.3 Å². The Morgan fingerprint density at radius 1 is 1.22 bits per heavy atom.